The van der Waals surface area contributed by atoms with Crippen LogP contribution in [-0.2, 0) is 20.9 Å². The third-order valence-electron chi connectivity index (χ3n) is 4.60. The number of hydrogen-bond acceptors (Lipinski definition) is 4. The molecular formula is C22H26ClNO4. The number of rotatable bonds is 9. The second-order valence-electron chi connectivity index (χ2n) is 6.44. The van der Waals surface area contributed by atoms with Gasteiger partial charge in [-0.2, -0.15) is 0 Å². The zero-order valence-corrected chi connectivity index (χ0v) is 16.9. The Kier molecular flexibility index (Phi) is 8.82. The molecule has 0 aliphatic carbocycles. The van der Waals surface area contributed by atoms with Crippen LogP contribution in [0.25, 0.3) is 0 Å². The molecule has 1 amide bonds. The Balaban J connectivity index is 1.90. The maximum atomic E-state index is 11.9. The van der Waals surface area contributed by atoms with Gasteiger partial charge in [0.05, 0.1) is 13.0 Å². The lowest BCUT2D eigenvalue weighted by atomic mass is 9.93. The van der Waals surface area contributed by atoms with E-state index in [1.807, 2.05) is 61.5 Å². The van der Waals surface area contributed by atoms with Crippen molar-refractivity contribution in [1.82, 2.24) is 5.32 Å². The fourth-order valence-electron chi connectivity index (χ4n) is 2.92. The Labute approximate surface area is 171 Å². The van der Waals surface area contributed by atoms with Gasteiger partial charge in [0.2, 0.25) is 0 Å². The molecule has 150 valence electrons. The van der Waals surface area contributed by atoms with Crippen molar-refractivity contribution in [2.24, 2.45) is 0 Å². The van der Waals surface area contributed by atoms with Gasteiger partial charge in [0, 0.05) is 18.3 Å². The van der Waals surface area contributed by atoms with Crippen LogP contribution in [0.15, 0.2) is 54.6 Å². The lowest BCUT2D eigenvalue weighted by Gasteiger charge is -2.17. The number of ether oxygens (including phenoxy) is 2. The van der Waals surface area contributed by atoms with E-state index in [1.165, 1.54) is 7.11 Å². The van der Waals surface area contributed by atoms with Crippen LogP contribution in [0.4, 0.5) is 4.79 Å². The normalized spacial score (nSPS) is 12.7. The fourth-order valence-corrected chi connectivity index (χ4v) is 3.21. The molecule has 1 N–H and O–H groups in total. The molecule has 0 heterocycles. The second kappa shape index (κ2) is 11.3. The SMILES string of the molecule is CCC(C(=O)OC)c1ccc(C(CCl)CNC(=O)OCc2ccccc2)cc1. The number of alkyl carbamates (subject to hydrolysis) is 1. The Bertz CT molecular complexity index is 749. The van der Waals surface area contributed by atoms with Crippen LogP contribution in [0.5, 0.6) is 0 Å². The van der Waals surface area contributed by atoms with Crippen LogP contribution in [0, 0.1) is 0 Å². The van der Waals surface area contributed by atoms with E-state index in [0.717, 1.165) is 16.7 Å². The lowest BCUT2D eigenvalue weighted by molar-refractivity contribution is -0.142. The fraction of sp³-hybridized carbons (Fsp3) is 0.364. The average Bonchev–Trinajstić information content (AvgIpc) is 2.74. The molecule has 28 heavy (non-hydrogen) atoms. The summed E-state index contributed by atoms with van der Waals surface area (Å²) < 4.78 is 10.1. The molecule has 6 heteroatoms. The summed E-state index contributed by atoms with van der Waals surface area (Å²) in [5.41, 5.74) is 2.82. The van der Waals surface area contributed by atoms with Crippen molar-refractivity contribution in [3.63, 3.8) is 0 Å². The number of benzene rings is 2. The topological polar surface area (TPSA) is 64.6 Å². The van der Waals surface area contributed by atoms with E-state index in [-0.39, 0.29) is 24.4 Å². The molecule has 0 fully saturated rings. The first-order valence-corrected chi connectivity index (χ1v) is 9.80. The molecule has 2 atom stereocenters. The zero-order valence-electron chi connectivity index (χ0n) is 16.2. The molecule has 2 rings (SSSR count). The molecule has 0 aromatic heterocycles. The monoisotopic (exact) mass is 403 g/mol. The summed E-state index contributed by atoms with van der Waals surface area (Å²) in [7, 11) is 1.39. The molecule has 5 nitrogen and oxygen atoms in total. The smallest absolute Gasteiger partial charge is 0.407 e. The molecule has 0 saturated heterocycles. The quantitative estimate of drug-likeness (QED) is 0.490. The van der Waals surface area contributed by atoms with E-state index in [9.17, 15) is 9.59 Å². The number of methoxy groups -OCH3 is 1. The first-order valence-electron chi connectivity index (χ1n) is 9.27. The summed E-state index contributed by atoms with van der Waals surface area (Å²) in [6.07, 6.45) is 0.187. The predicted molar refractivity (Wildman–Crippen MR) is 110 cm³/mol. The minimum absolute atomic E-state index is 0.0572. The van der Waals surface area contributed by atoms with Gasteiger partial charge in [0.1, 0.15) is 6.61 Å². The first-order chi connectivity index (χ1) is 13.6. The number of halogens is 1. The van der Waals surface area contributed by atoms with Crippen molar-refractivity contribution in [2.45, 2.75) is 31.8 Å². The van der Waals surface area contributed by atoms with E-state index in [1.54, 1.807) is 0 Å². The van der Waals surface area contributed by atoms with Crippen molar-refractivity contribution in [3.05, 3.63) is 71.3 Å². The Hall–Kier alpha value is -2.53. The van der Waals surface area contributed by atoms with Gasteiger partial charge in [-0.05, 0) is 23.1 Å². The zero-order chi connectivity index (χ0) is 20.4. The molecule has 0 spiro atoms. The second-order valence-corrected chi connectivity index (χ2v) is 6.75. The van der Waals surface area contributed by atoms with E-state index in [4.69, 9.17) is 21.1 Å². The highest BCUT2D eigenvalue weighted by Crippen LogP contribution is 2.24. The number of hydrogen-bond donors (Lipinski definition) is 1. The van der Waals surface area contributed by atoms with Crippen LogP contribution in [0.2, 0.25) is 0 Å². The number of carbonyl (C=O) groups excluding carboxylic acids is 2. The van der Waals surface area contributed by atoms with E-state index in [0.29, 0.717) is 18.8 Å². The molecule has 0 saturated carbocycles. The molecule has 0 radical (unpaired) electrons. The molecule has 0 aliphatic rings. The summed E-state index contributed by atoms with van der Waals surface area (Å²) in [6.45, 7) is 2.53. The van der Waals surface area contributed by atoms with Crippen LogP contribution in [0.3, 0.4) is 0 Å². The maximum Gasteiger partial charge on any atom is 0.407 e. The molecular weight excluding hydrogens is 378 g/mol. The Morgan fingerprint density at radius 3 is 2.25 bits per heavy atom. The number of amides is 1. The first kappa shape index (κ1) is 21.8. The van der Waals surface area contributed by atoms with Crippen molar-refractivity contribution in [2.75, 3.05) is 19.5 Å². The van der Waals surface area contributed by atoms with Crippen molar-refractivity contribution < 1.29 is 19.1 Å². The van der Waals surface area contributed by atoms with Gasteiger partial charge >= 0.3 is 12.1 Å². The highest BCUT2D eigenvalue weighted by atomic mass is 35.5. The van der Waals surface area contributed by atoms with Crippen LogP contribution in [0.1, 0.15) is 41.9 Å². The van der Waals surface area contributed by atoms with E-state index < -0.39 is 6.09 Å². The maximum absolute atomic E-state index is 11.9. The minimum atomic E-state index is -0.479. The summed E-state index contributed by atoms with van der Waals surface area (Å²) >= 11 is 6.09. The van der Waals surface area contributed by atoms with Gasteiger partial charge in [-0.1, -0.05) is 61.5 Å². The largest absolute Gasteiger partial charge is 0.469 e. The third-order valence-corrected chi connectivity index (χ3v) is 4.97. The summed E-state index contributed by atoms with van der Waals surface area (Å²) in [5.74, 6) is -0.225. The summed E-state index contributed by atoms with van der Waals surface area (Å²) in [4.78, 5) is 23.8. The summed E-state index contributed by atoms with van der Waals surface area (Å²) in [5, 5.41) is 2.76. The molecule has 2 aromatic carbocycles. The van der Waals surface area contributed by atoms with Gasteiger partial charge in [0.25, 0.3) is 0 Å². The molecule has 0 bridgehead atoms. The molecule has 2 unspecified atom stereocenters. The van der Waals surface area contributed by atoms with Gasteiger partial charge in [-0.15, -0.1) is 11.6 Å². The highest BCUT2D eigenvalue weighted by Gasteiger charge is 2.20. The van der Waals surface area contributed by atoms with Gasteiger partial charge < -0.3 is 14.8 Å². The van der Waals surface area contributed by atoms with E-state index in [2.05, 4.69) is 5.32 Å². The molecule has 2 aromatic rings. The van der Waals surface area contributed by atoms with Crippen molar-refractivity contribution in [1.29, 1.82) is 0 Å². The van der Waals surface area contributed by atoms with Crippen molar-refractivity contribution in [3.8, 4) is 0 Å². The summed E-state index contributed by atoms with van der Waals surface area (Å²) in [6, 6.07) is 17.2. The van der Waals surface area contributed by atoms with Crippen LogP contribution >= 0.6 is 11.6 Å². The number of nitrogens with one attached hydrogen (secondary N) is 1. The average molecular weight is 404 g/mol. The van der Waals surface area contributed by atoms with Gasteiger partial charge in [0.15, 0.2) is 0 Å². The number of alkyl halides is 1. The number of carbonyl (C=O) groups is 2. The standard InChI is InChI=1S/C22H26ClNO4/c1-3-20(21(25)27-2)18-11-9-17(10-12-18)19(13-23)14-24-22(26)28-15-16-7-5-4-6-8-16/h4-12,19-20H,3,13-15H2,1-2H3,(H,24,26). The van der Waals surface area contributed by atoms with Crippen molar-refractivity contribution >= 4 is 23.7 Å². The van der Waals surface area contributed by atoms with Crippen LogP contribution < -0.4 is 5.32 Å². The highest BCUT2D eigenvalue weighted by molar-refractivity contribution is 6.18. The van der Waals surface area contributed by atoms with E-state index >= 15 is 0 Å². The van der Waals surface area contributed by atoms with Gasteiger partial charge in [-0.25, -0.2) is 4.79 Å². The Morgan fingerprint density at radius 2 is 1.68 bits per heavy atom. The predicted octanol–water partition coefficient (Wildman–Crippen LogP) is 4.60. The lowest BCUT2D eigenvalue weighted by Crippen LogP contribution is -2.29. The van der Waals surface area contributed by atoms with Crippen LogP contribution in [-0.4, -0.2) is 31.6 Å². The minimum Gasteiger partial charge on any atom is -0.469 e. The number of esters is 1. The Morgan fingerprint density at radius 1 is 1.04 bits per heavy atom. The van der Waals surface area contributed by atoms with Gasteiger partial charge in [-0.3, -0.25) is 4.79 Å². The third kappa shape index (κ3) is 6.27. The molecule has 0 aliphatic heterocycles.